The number of H-pyrrole nitrogens is 1. The Balaban J connectivity index is 2.09. The number of imidazole rings is 1. The Labute approximate surface area is 137 Å². The lowest BCUT2D eigenvalue weighted by molar-refractivity contribution is -0.145. The van der Waals surface area contributed by atoms with Crippen molar-refractivity contribution in [2.45, 2.75) is 19.0 Å². The zero-order chi connectivity index (χ0) is 17.5. The molecule has 0 radical (unpaired) electrons. The van der Waals surface area contributed by atoms with Gasteiger partial charge in [-0.3, -0.25) is 9.70 Å². The number of rotatable bonds is 6. The molecule has 24 heavy (non-hydrogen) atoms. The number of carbonyl (C=O) groups is 2. The Morgan fingerprint density at radius 1 is 1.33 bits per heavy atom. The third-order valence-electron chi connectivity index (χ3n) is 3.33. The Morgan fingerprint density at radius 3 is 2.67 bits per heavy atom. The number of aromatic nitrogens is 2. The fourth-order valence-electron chi connectivity index (χ4n) is 2.22. The molecule has 0 aliphatic heterocycles. The lowest BCUT2D eigenvalue weighted by atomic mass is 10.1. The van der Waals surface area contributed by atoms with Crippen molar-refractivity contribution >= 4 is 11.9 Å². The van der Waals surface area contributed by atoms with Crippen molar-refractivity contribution in [1.82, 2.24) is 19.8 Å². The second-order valence-corrected chi connectivity index (χ2v) is 5.00. The molecule has 2 aromatic rings. The number of amides is 1. The van der Waals surface area contributed by atoms with Crippen LogP contribution < -0.4 is 15.8 Å². The number of ether oxygens (including phenoxy) is 1. The largest absolute Gasteiger partial charge is 0.744 e. The fourth-order valence-corrected chi connectivity index (χ4v) is 2.22. The van der Waals surface area contributed by atoms with Gasteiger partial charge in [-0.15, -0.1) is 0 Å². The number of nitrogens with one attached hydrogen (secondary N) is 2. The summed E-state index contributed by atoms with van der Waals surface area (Å²) in [4.78, 5) is 25.8. The molecular formula is C15H17N4O5-. The maximum atomic E-state index is 12.1. The van der Waals surface area contributed by atoms with Crippen molar-refractivity contribution in [3.05, 3.63) is 64.3 Å². The van der Waals surface area contributed by atoms with E-state index in [1.54, 1.807) is 0 Å². The molecule has 1 heterocycles. The van der Waals surface area contributed by atoms with E-state index in [1.165, 1.54) is 19.5 Å². The van der Waals surface area contributed by atoms with Crippen LogP contribution >= 0.6 is 0 Å². The van der Waals surface area contributed by atoms with Crippen LogP contribution in [0.2, 0.25) is 0 Å². The van der Waals surface area contributed by atoms with Gasteiger partial charge in [0.15, 0.2) is 6.54 Å². The quantitative estimate of drug-likeness (QED) is 0.544. The molecule has 9 nitrogen and oxygen atoms in total. The average Bonchev–Trinajstić information content (AvgIpc) is 3.02. The summed E-state index contributed by atoms with van der Waals surface area (Å²) < 4.78 is 5.85. The Bertz CT molecular complexity index is 761. The summed E-state index contributed by atoms with van der Waals surface area (Å²) in [6, 6.07) is 8.27. The van der Waals surface area contributed by atoms with E-state index in [-0.39, 0.29) is 18.6 Å². The smallest absolute Gasteiger partial charge is 0.358 e. The number of benzene rings is 1. The fraction of sp³-hybridized carbons (Fsp3) is 0.267. The molecule has 1 unspecified atom stereocenters. The summed E-state index contributed by atoms with van der Waals surface area (Å²) in [5.41, 5.74) is 0.538. The summed E-state index contributed by atoms with van der Waals surface area (Å²) in [6.45, 7) is -0.290. The summed E-state index contributed by atoms with van der Waals surface area (Å²) >= 11 is 0. The molecule has 1 aromatic carbocycles. The molecule has 1 atom stereocenters. The second kappa shape index (κ2) is 7.86. The van der Waals surface area contributed by atoms with Gasteiger partial charge >= 0.3 is 11.6 Å². The van der Waals surface area contributed by atoms with Gasteiger partial charge in [-0.2, -0.15) is 0 Å². The molecule has 0 aliphatic rings. The number of hydrogen-bond acceptors (Lipinski definition) is 5. The van der Waals surface area contributed by atoms with Gasteiger partial charge in [-0.05, 0) is 5.56 Å². The number of esters is 1. The van der Waals surface area contributed by atoms with Gasteiger partial charge in [0.05, 0.1) is 19.5 Å². The summed E-state index contributed by atoms with van der Waals surface area (Å²) in [7, 11) is 1.23. The predicted molar refractivity (Wildman–Crippen MR) is 84.9 cm³/mol. The van der Waals surface area contributed by atoms with Crippen molar-refractivity contribution in [2.24, 2.45) is 0 Å². The number of nitrogens with zero attached hydrogens (tertiary/aromatic N) is 2. The average molecular weight is 333 g/mol. The van der Waals surface area contributed by atoms with Gasteiger partial charge in [0.2, 0.25) is 0 Å². The van der Waals surface area contributed by atoms with Crippen molar-refractivity contribution in [3.8, 4) is 0 Å². The topological polar surface area (TPSA) is 125 Å². The van der Waals surface area contributed by atoms with E-state index in [1.807, 2.05) is 30.3 Å². The second-order valence-electron chi connectivity index (χ2n) is 5.00. The maximum Gasteiger partial charge on any atom is 0.358 e. The zero-order valence-corrected chi connectivity index (χ0v) is 13.0. The number of hydrogen-bond donors (Lipinski definition) is 2. The van der Waals surface area contributed by atoms with Gasteiger partial charge in [0.1, 0.15) is 6.04 Å². The highest BCUT2D eigenvalue weighted by Crippen LogP contribution is 2.04. The molecule has 2 rings (SSSR count). The van der Waals surface area contributed by atoms with Gasteiger partial charge in [-0.1, -0.05) is 30.3 Å². The lowest BCUT2D eigenvalue weighted by Gasteiger charge is -2.17. The zero-order valence-electron chi connectivity index (χ0n) is 13.0. The molecular weight excluding hydrogens is 316 g/mol. The van der Waals surface area contributed by atoms with Crippen LogP contribution in [0.15, 0.2) is 42.7 Å². The van der Waals surface area contributed by atoms with Gasteiger partial charge < -0.3 is 20.5 Å². The van der Waals surface area contributed by atoms with Crippen LogP contribution in [0.3, 0.4) is 0 Å². The monoisotopic (exact) mass is 333 g/mol. The van der Waals surface area contributed by atoms with Crippen LogP contribution in [0.1, 0.15) is 5.56 Å². The molecule has 1 amide bonds. The maximum absolute atomic E-state index is 12.1. The Morgan fingerprint density at radius 2 is 2.04 bits per heavy atom. The van der Waals surface area contributed by atoms with E-state index in [0.29, 0.717) is 0 Å². The number of aromatic amines is 1. The highest BCUT2D eigenvalue weighted by molar-refractivity contribution is 5.84. The lowest BCUT2D eigenvalue weighted by Crippen LogP contribution is -2.45. The van der Waals surface area contributed by atoms with Crippen LogP contribution in [0.5, 0.6) is 0 Å². The van der Waals surface area contributed by atoms with Crippen molar-refractivity contribution in [1.29, 1.82) is 0 Å². The van der Waals surface area contributed by atoms with Crippen molar-refractivity contribution < 1.29 is 14.3 Å². The van der Waals surface area contributed by atoms with E-state index in [9.17, 15) is 20.0 Å². The van der Waals surface area contributed by atoms with E-state index < -0.39 is 22.8 Å². The van der Waals surface area contributed by atoms with Crippen LogP contribution in [-0.4, -0.2) is 34.6 Å². The van der Waals surface area contributed by atoms with Gasteiger partial charge in [0.25, 0.3) is 5.91 Å². The van der Waals surface area contributed by atoms with Crippen molar-refractivity contribution in [3.63, 3.8) is 0 Å². The first kappa shape index (κ1) is 17.1. The summed E-state index contributed by atoms with van der Waals surface area (Å²) in [5.74, 6) is -1.12. The highest BCUT2D eigenvalue weighted by Gasteiger charge is 2.22. The van der Waals surface area contributed by atoms with E-state index in [0.717, 1.165) is 10.1 Å². The molecule has 2 N–H and O–H groups in total. The summed E-state index contributed by atoms with van der Waals surface area (Å²) in [6.07, 6.45) is 2.99. The first-order valence-corrected chi connectivity index (χ1v) is 7.13. The first-order chi connectivity index (χ1) is 11.5. The third kappa shape index (κ3) is 4.38. The van der Waals surface area contributed by atoms with Crippen LogP contribution in [0.25, 0.3) is 0 Å². The molecule has 128 valence electrons. The molecule has 0 fully saturated rings. The Kier molecular flexibility index (Phi) is 5.61. The number of carbonyl (C=O) groups excluding carboxylic acids is 2. The minimum atomic E-state index is -0.872. The minimum Gasteiger partial charge on any atom is -0.744 e. The van der Waals surface area contributed by atoms with E-state index in [2.05, 4.69) is 10.3 Å². The van der Waals surface area contributed by atoms with Gasteiger partial charge in [0, 0.05) is 6.42 Å². The van der Waals surface area contributed by atoms with Crippen LogP contribution in [-0.2, 0) is 27.3 Å². The van der Waals surface area contributed by atoms with E-state index >= 15 is 0 Å². The van der Waals surface area contributed by atoms with Crippen molar-refractivity contribution in [2.75, 3.05) is 7.11 Å². The standard InChI is InChI=1S/C15H17N4O5/c1-24-14(21)12(9-11-5-3-2-4-6-11)17-13(20)10-18-8-7-16-15(18)19(22)23/h2-8,12,16H,9-10H2,1H3,(H-,17,20,22,23)/q-1. The molecule has 0 saturated heterocycles. The molecule has 1 aromatic heterocycles. The molecule has 0 saturated carbocycles. The molecule has 0 aliphatic carbocycles. The first-order valence-electron chi connectivity index (χ1n) is 7.13. The third-order valence-corrected chi connectivity index (χ3v) is 3.33. The molecule has 0 spiro atoms. The number of methoxy groups -OCH3 is 1. The SMILES string of the molecule is COC(=O)C(Cc1ccccc1)NC(=O)Cn1cc[nH]c1=[N+]([O-])[O-]. The van der Waals surface area contributed by atoms with E-state index in [4.69, 9.17) is 4.74 Å². The van der Waals surface area contributed by atoms with Crippen LogP contribution in [0.4, 0.5) is 0 Å². The normalized spacial score (nSPS) is 11.5. The summed E-state index contributed by atoms with van der Waals surface area (Å²) in [5, 5.41) is 24.2. The molecule has 9 heteroatoms. The predicted octanol–water partition coefficient (Wildman–Crippen LogP) is -0.515. The van der Waals surface area contributed by atoms with Gasteiger partial charge in [-0.25, -0.2) is 14.3 Å². The Hall–Kier alpha value is -3.23. The minimum absolute atomic E-state index is 0.263. The highest BCUT2D eigenvalue weighted by atomic mass is 16.8. The van der Waals surface area contributed by atoms with Crippen LogP contribution in [0, 0.1) is 10.4 Å². The molecule has 0 bridgehead atoms.